The number of nitrogens with zero attached hydrogens (tertiary/aromatic N) is 5. The number of hydrogen-bond donors (Lipinski definition) is 0. The van der Waals surface area contributed by atoms with Crippen molar-refractivity contribution in [2.75, 3.05) is 31.1 Å². The number of piperazine rings is 1. The Bertz CT molecular complexity index is 826. The smallest absolute Gasteiger partial charge is 0.360 e. The van der Waals surface area contributed by atoms with E-state index in [1.807, 2.05) is 4.90 Å². The molecule has 2 aliphatic rings. The van der Waals surface area contributed by atoms with E-state index >= 15 is 0 Å². The van der Waals surface area contributed by atoms with E-state index in [-0.39, 0.29) is 5.91 Å². The molecule has 1 aliphatic carbocycles. The van der Waals surface area contributed by atoms with Crippen LogP contribution in [0.25, 0.3) is 0 Å². The minimum absolute atomic E-state index is 0.153. The molecule has 7 nitrogen and oxygen atoms in total. The first-order valence-electron chi connectivity index (χ1n) is 8.86. The largest absolute Gasteiger partial charge is 0.435 e. The Morgan fingerprint density at radius 3 is 2.44 bits per heavy atom. The van der Waals surface area contributed by atoms with Crippen molar-refractivity contribution in [2.24, 2.45) is 0 Å². The van der Waals surface area contributed by atoms with Gasteiger partial charge in [0.2, 0.25) is 0 Å². The monoisotopic (exact) mass is 381 g/mol. The first kappa shape index (κ1) is 17.7. The molecule has 144 valence electrons. The summed E-state index contributed by atoms with van der Waals surface area (Å²) in [7, 11) is 0. The first-order valence-corrected chi connectivity index (χ1v) is 8.86. The van der Waals surface area contributed by atoms with Crippen LogP contribution in [0.4, 0.5) is 19.0 Å². The summed E-state index contributed by atoms with van der Waals surface area (Å²) in [6.07, 6.45) is -0.818. The highest BCUT2D eigenvalue weighted by molar-refractivity contribution is 5.94. The van der Waals surface area contributed by atoms with Gasteiger partial charge in [0.05, 0.1) is 0 Å². The highest BCUT2D eigenvalue weighted by Crippen LogP contribution is 2.28. The van der Waals surface area contributed by atoms with E-state index < -0.39 is 11.9 Å². The molecule has 4 rings (SSSR count). The third-order valence-corrected chi connectivity index (χ3v) is 4.98. The third kappa shape index (κ3) is 3.47. The molecule has 0 bridgehead atoms. The lowest BCUT2D eigenvalue weighted by atomic mass is 9.96. The zero-order valence-corrected chi connectivity index (χ0v) is 14.5. The summed E-state index contributed by atoms with van der Waals surface area (Å²) in [5.74, 6) is 1.03. The standard InChI is InChI=1S/C17H18F3N5O2/c18-17(19,20)13-5-6-14(22-21-13)24-7-9-25(10-8-24)16(26)15-11-3-1-2-4-12(11)27-23-15/h5-6H,1-4,7-10H2. The number of halogens is 3. The van der Waals surface area contributed by atoms with Gasteiger partial charge in [-0.15, -0.1) is 10.2 Å². The molecule has 27 heavy (non-hydrogen) atoms. The van der Waals surface area contributed by atoms with Gasteiger partial charge in [0, 0.05) is 38.2 Å². The van der Waals surface area contributed by atoms with Crippen LogP contribution in [0.3, 0.4) is 0 Å². The van der Waals surface area contributed by atoms with Crippen LogP contribution in [0.5, 0.6) is 0 Å². The molecule has 1 saturated heterocycles. The van der Waals surface area contributed by atoms with Crippen LogP contribution in [0.2, 0.25) is 0 Å². The number of fused-ring (bicyclic) bond motifs is 1. The molecule has 0 atom stereocenters. The van der Waals surface area contributed by atoms with E-state index in [0.717, 1.165) is 43.1 Å². The van der Waals surface area contributed by atoms with E-state index in [9.17, 15) is 18.0 Å². The number of carbonyl (C=O) groups is 1. The summed E-state index contributed by atoms with van der Waals surface area (Å²) in [5.41, 5.74) is 0.297. The van der Waals surface area contributed by atoms with Crippen molar-refractivity contribution < 1.29 is 22.5 Å². The van der Waals surface area contributed by atoms with Crippen molar-refractivity contribution in [3.63, 3.8) is 0 Å². The molecule has 0 aromatic carbocycles. The zero-order valence-electron chi connectivity index (χ0n) is 14.5. The van der Waals surface area contributed by atoms with Crippen molar-refractivity contribution in [1.29, 1.82) is 0 Å². The van der Waals surface area contributed by atoms with Crippen LogP contribution in [-0.2, 0) is 19.0 Å². The second kappa shape index (κ2) is 6.82. The Morgan fingerprint density at radius 2 is 1.78 bits per heavy atom. The number of rotatable bonds is 2. The topological polar surface area (TPSA) is 75.4 Å². The molecule has 0 radical (unpaired) electrons. The van der Waals surface area contributed by atoms with Crippen molar-refractivity contribution >= 4 is 11.7 Å². The van der Waals surface area contributed by atoms with Crippen molar-refractivity contribution in [1.82, 2.24) is 20.3 Å². The minimum atomic E-state index is -4.51. The average molecular weight is 381 g/mol. The maximum atomic E-state index is 12.8. The van der Waals surface area contributed by atoms with Gasteiger partial charge in [-0.25, -0.2) is 0 Å². The van der Waals surface area contributed by atoms with Crippen molar-refractivity contribution in [3.05, 3.63) is 34.8 Å². The molecular formula is C17H18F3N5O2. The number of hydrogen-bond acceptors (Lipinski definition) is 6. The second-order valence-electron chi connectivity index (χ2n) is 6.69. The number of alkyl halides is 3. The Kier molecular flexibility index (Phi) is 4.48. The van der Waals surface area contributed by atoms with E-state index in [4.69, 9.17) is 4.52 Å². The lowest BCUT2D eigenvalue weighted by Gasteiger charge is -2.35. The molecule has 0 N–H and O–H groups in total. The van der Waals surface area contributed by atoms with Gasteiger partial charge in [-0.1, -0.05) is 5.16 Å². The summed E-state index contributed by atoms with van der Waals surface area (Å²) >= 11 is 0. The lowest BCUT2D eigenvalue weighted by molar-refractivity contribution is -0.141. The van der Waals surface area contributed by atoms with Gasteiger partial charge < -0.3 is 14.3 Å². The molecule has 0 unspecified atom stereocenters. The SMILES string of the molecule is O=C(c1noc2c1CCCC2)N1CCN(c2ccc(C(F)(F)F)nn2)CC1. The highest BCUT2D eigenvalue weighted by Gasteiger charge is 2.34. The zero-order chi connectivity index (χ0) is 19.0. The van der Waals surface area contributed by atoms with E-state index in [1.54, 1.807) is 4.90 Å². The van der Waals surface area contributed by atoms with Gasteiger partial charge >= 0.3 is 6.18 Å². The number of aromatic nitrogens is 3. The molecule has 3 heterocycles. The third-order valence-electron chi connectivity index (χ3n) is 4.98. The van der Waals surface area contributed by atoms with E-state index in [0.29, 0.717) is 37.7 Å². The summed E-state index contributed by atoms with van der Waals surface area (Å²) in [6.45, 7) is 1.80. The van der Waals surface area contributed by atoms with Crippen LogP contribution < -0.4 is 4.90 Å². The predicted octanol–water partition coefficient (Wildman–Crippen LogP) is 2.32. The van der Waals surface area contributed by atoms with Gasteiger partial charge in [-0.2, -0.15) is 13.2 Å². The minimum Gasteiger partial charge on any atom is -0.360 e. The molecule has 1 fully saturated rings. The lowest BCUT2D eigenvalue weighted by Crippen LogP contribution is -2.49. The summed E-state index contributed by atoms with van der Waals surface area (Å²) in [5, 5.41) is 10.9. The molecule has 2 aromatic heterocycles. The first-order chi connectivity index (χ1) is 12.9. The van der Waals surface area contributed by atoms with Crippen LogP contribution in [-0.4, -0.2) is 52.3 Å². The predicted molar refractivity (Wildman–Crippen MR) is 88.3 cm³/mol. The fourth-order valence-corrected chi connectivity index (χ4v) is 3.49. The van der Waals surface area contributed by atoms with Gasteiger partial charge in [-0.05, 0) is 31.4 Å². The van der Waals surface area contributed by atoms with Crippen LogP contribution in [0.1, 0.15) is 40.3 Å². The maximum Gasteiger partial charge on any atom is 0.435 e. The number of anilines is 1. The summed E-state index contributed by atoms with van der Waals surface area (Å²) in [6, 6.07) is 2.23. The molecule has 1 amide bonds. The molecule has 1 aliphatic heterocycles. The Hall–Kier alpha value is -2.65. The van der Waals surface area contributed by atoms with Gasteiger partial charge in [0.1, 0.15) is 5.76 Å². The molecule has 10 heteroatoms. The second-order valence-corrected chi connectivity index (χ2v) is 6.69. The fourth-order valence-electron chi connectivity index (χ4n) is 3.49. The van der Waals surface area contributed by atoms with Crippen LogP contribution in [0.15, 0.2) is 16.7 Å². The quantitative estimate of drug-likeness (QED) is 0.795. The highest BCUT2D eigenvalue weighted by atomic mass is 19.4. The average Bonchev–Trinajstić information content (AvgIpc) is 3.11. The Morgan fingerprint density at radius 1 is 1.04 bits per heavy atom. The van der Waals surface area contributed by atoms with Crippen LogP contribution in [0, 0.1) is 0 Å². The normalized spacial score (nSPS) is 17.7. The number of amides is 1. The molecule has 0 spiro atoms. The van der Waals surface area contributed by atoms with E-state index in [2.05, 4.69) is 15.4 Å². The van der Waals surface area contributed by atoms with Gasteiger partial charge in [-0.3, -0.25) is 4.79 Å². The number of aryl methyl sites for hydroxylation is 1. The Labute approximate surface area is 153 Å². The Balaban J connectivity index is 1.40. The van der Waals surface area contributed by atoms with Crippen molar-refractivity contribution in [2.45, 2.75) is 31.9 Å². The summed E-state index contributed by atoms with van der Waals surface area (Å²) < 4.78 is 43.1. The van der Waals surface area contributed by atoms with E-state index in [1.165, 1.54) is 6.07 Å². The number of carbonyl (C=O) groups excluding carboxylic acids is 1. The van der Waals surface area contributed by atoms with Gasteiger partial charge in [0.25, 0.3) is 5.91 Å². The van der Waals surface area contributed by atoms with Gasteiger partial charge in [0.15, 0.2) is 17.2 Å². The molecule has 0 saturated carbocycles. The van der Waals surface area contributed by atoms with Crippen LogP contribution >= 0.6 is 0 Å². The fraction of sp³-hybridized carbons (Fsp3) is 0.529. The summed E-state index contributed by atoms with van der Waals surface area (Å²) in [4.78, 5) is 16.3. The molecular weight excluding hydrogens is 363 g/mol. The maximum absolute atomic E-state index is 12.8. The molecule has 2 aromatic rings. The van der Waals surface area contributed by atoms with Crippen molar-refractivity contribution in [3.8, 4) is 0 Å².